The summed E-state index contributed by atoms with van der Waals surface area (Å²) in [6.45, 7) is 4.74. The summed E-state index contributed by atoms with van der Waals surface area (Å²) in [6, 6.07) is 15.9. The summed E-state index contributed by atoms with van der Waals surface area (Å²) in [7, 11) is 0. The molecule has 1 aliphatic heterocycles. The number of carbonyl (C=O) groups excluding carboxylic acids is 1. The van der Waals surface area contributed by atoms with Crippen LogP contribution in [0, 0.1) is 12.8 Å². The van der Waals surface area contributed by atoms with Crippen molar-refractivity contribution < 1.29 is 4.79 Å². The topological polar surface area (TPSA) is 32.3 Å². The molecule has 1 aliphatic rings. The molecule has 4 heteroatoms. The summed E-state index contributed by atoms with van der Waals surface area (Å²) < 4.78 is 0. The molecule has 1 amide bonds. The Bertz CT molecular complexity index is 708. The maximum Gasteiger partial charge on any atom is 0.227 e. The maximum absolute atomic E-state index is 12.4. The molecule has 1 N–H and O–H groups in total. The monoisotopic (exact) mass is 342 g/mol. The number of nitrogens with zero attached hydrogens (tertiary/aromatic N) is 1. The third-order valence-corrected chi connectivity index (χ3v) is 4.96. The van der Waals surface area contributed by atoms with E-state index in [0.29, 0.717) is 0 Å². The number of benzene rings is 2. The van der Waals surface area contributed by atoms with Crippen LogP contribution in [-0.4, -0.2) is 23.9 Å². The van der Waals surface area contributed by atoms with E-state index in [1.165, 1.54) is 0 Å². The van der Waals surface area contributed by atoms with E-state index in [1.54, 1.807) is 0 Å². The maximum atomic E-state index is 12.4. The summed E-state index contributed by atoms with van der Waals surface area (Å²) in [6.07, 6.45) is 1.78. The van der Waals surface area contributed by atoms with Gasteiger partial charge in [0.1, 0.15) is 0 Å². The molecule has 0 saturated carbocycles. The van der Waals surface area contributed by atoms with Crippen LogP contribution in [0.2, 0.25) is 5.02 Å². The van der Waals surface area contributed by atoms with Crippen LogP contribution in [0.1, 0.15) is 24.0 Å². The van der Waals surface area contributed by atoms with Crippen molar-refractivity contribution in [1.82, 2.24) is 4.90 Å². The van der Waals surface area contributed by atoms with Crippen molar-refractivity contribution in [3.05, 3.63) is 64.7 Å². The Balaban J connectivity index is 1.51. The standard InChI is InChI=1S/C20H23ClN2O/c1-15-5-4-7-18(13-15)22-20(24)16-9-11-23(12-10-16)14-17-6-2-3-8-19(17)21/h2-8,13,16H,9-12,14H2,1H3,(H,22,24). The molecule has 1 fully saturated rings. The van der Waals surface area contributed by atoms with Gasteiger partial charge in [-0.1, -0.05) is 41.9 Å². The number of hydrogen-bond acceptors (Lipinski definition) is 2. The highest BCUT2D eigenvalue weighted by molar-refractivity contribution is 6.31. The average Bonchev–Trinajstić information content (AvgIpc) is 2.57. The molecule has 3 nitrogen and oxygen atoms in total. The number of rotatable bonds is 4. The van der Waals surface area contributed by atoms with E-state index in [1.807, 2.05) is 49.4 Å². The minimum Gasteiger partial charge on any atom is -0.326 e. The second-order valence-electron chi connectivity index (χ2n) is 6.50. The van der Waals surface area contributed by atoms with Crippen molar-refractivity contribution in [2.24, 2.45) is 5.92 Å². The van der Waals surface area contributed by atoms with Crippen LogP contribution in [-0.2, 0) is 11.3 Å². The van der Waals surface area contributed by atoms with Crippen LogP contribution in [0.3, 0.4) is 0 Å². The van der Waals surface area contributed by atoms with E-state index < -0.39 is 0 Å². The second kappa shape index (κ2) is 7.82. The number of anilines is 1. The van der Waals surface area contributed by atoms with E-state index in [0.717, 1.165) is 54.3 Å². The van der Waals surface area contributed by atoms with Crippen molar-refractivity contribution in [3.8, 4) is 0 Å². The van der Waals surface area contributed by atoms with Gasteiger partial charge in [0, 0.05) is 23.2 Å². The van der Waals surface area contributed by atoms with Crippen LogP contribution in [0.5, 0.6) is 0 Å². The molecular formula is C20H23ClN2O. The predicted octanol–water partition coefficient (Wildman–Crippen LogP) is 4.50. The Morgan fingerprint density at radius 1 is 1.17 bits per heavy atom. The fraction of sp³-hybridized carbons (Fsp3) is 0.350. The number of nitrogens with one attached hydrogen (secondary N) is 1. The van der Waals surface area contributed by atoms with Gasteiger partial charge >= 0.3 is 0 Å². The fourth-order valence-electron chi connectivity index (χ4n) is 3.19. The lowest BCUT2D eigenvalue weighted by Crippen LogP contribution is -2.37. The number of halogens is 1. The number of carbonyl (C=O) groups is 1. The van der Waals surface area contributed by atoms with Gasteiger partial charge < -0.3 is 5.32 Å². The molecule has 0 bridgehead atoms. The Hall–Kier alpha value is -1.84. The zero-order valence-corrected chi connectivity index (χ0v) is 14.7. The zero-order chi connectivity index (χ0) is 16.9. The van der Waals surface area contributed by atoms with Crippen LogP contribution in [0.4, 0.5) is 5.69 Å². The Morgan fingerprint density at radius 3 is 2.62 bits per heavy atom. The van der Waals surface area contributed by atoms with Gasteiger partial charge in [0.25, 0.3) is 0 Å². The lowest BCUT2D eigenvalue weighted by Gasteiger charge is -2.31. The summed E-state index contributed by atoms with van der Waals surface area (Å²) in [5.74, 6) is 0.228. The van der Waals surface area contributed by atoms with E-state index >= 15 is 0 Å². The Labute approximate surface area is 148 Å². The zero-order valence-electron chi connectivity index (χ0n) is 14.0. The highest BCUT2D eigenvalue weighted by atomic mass is 35.5. The lowest BCUT2D eigenvalue weighted by atomic mass is 9.95. The highest BCUT2D eigenvalue weighted by Crippen LogP contribution is 2.23. The first-order valence-electron chi connectivity index (χ1n) is 8.45. The van der Waals surface area contributed by atoms with Crippen LogP contribution >= 0.6 is 11.6 Å². The van der Waals surface area contributed by atoms with Crippen molar-refractivity contribution in [2.75, 3.05) is 18.4 Å². The van der Waals surface area contributed by atoms with Crippen molar-refractivity contribution in [2.45, 2.75) is 26.3 Å². The van der Waals surface area contributed by atoms with Crippen LogP contribution in [0.15, 0.2) is 48.5 Å². The third kappa shape index (κ3) is 4.37. The second-order valence-corrected chi connectivity index (χ2v) is 6.91. The first-order valence-corrected chi connectivity index (χ1v) is 8.83. The summed E-state index contributed by atoms with van der Waals surface area (Å²) >= 11 is 6.23. The summed E-state index contributed by atoms with van der Waals surface area (Å²) in [5.41, 5.74) is 3.20. The molecule has 2 aromatic rings. The predicted molar refractivity (Wildman–Crippen MR) is 99.3 cm³/mol. The Kier molecular flexibility index (Phi) is 5.54. The molecule has 1 heterocycles. The van der Waals surface area contributed by atoms with Gasteiger partial charge in [0.05, 0.1) is 0 Å². The van der Waals surface area contributed by atoms with E-state index in [2.05, 4.69) is 16.3 Å². The third-order valence-electron chi connectivity index (χ3n) is 4.60. The van der Waals surface area contributed by atoms with Gasteiger partial charge in [-0.15, -0.1) is 0 Å². The minimum absolute atomic E-state index is 0.0907. The van der Waals surface area contributed by atoms with Crippen molar-refractivity contribution in [3.63, 3.8) is 0 Å². The SMILES string of the molecule is Cc1cccc(NC(=O)C2CCN(Cc3ccccc3Cl)CC2)c1. The van der Waals surface area contributed by atoms with Crippen LogP contribution in [0.25, 0.3) is 0 Å². The number of amides is 1. The molecule has 3 rings (SSSR count). The smallest absolute Gasteiger partial charge is 0.227 e. The average molecular weight is 343 g/mol. The number of piperidine rings is 1. The molecule has 126 valence electrons. The first kappa shape index (κ1) is 17.0. The van der Waals surface area contributed by atoms with Crippen molar-refractivity contribution in [1.29, 1.82) is 0 Å². The van der Waals surface area contributed by atoms with Gasteiger partial charge in [-0.05, 0) is 62.2 Å². The Morgan fingerprint density at radius 2 is 1.92 bits per heavy atom. The van der Waals surface area contributed by atoms with Crippen LogP contribution < -0.4 is 5.32 Å². The molecule has 0 unspecified atom stereocenters. The highest BCUT2D eigenvalue weighted by Gasteiger charge is 2.25. The summed E-state index contributed by atoms with van der Waals surface area (Å²) in [5, 5.41) is 3.86. The normalized spacial score (nSPS) is 16.1. The largest absolute Gasteiger partial charge is 0.326 e. The fourth-order valence-corrected chi connectivity index (χ4v) is 3.38. The quantitative estimate of drug-likeness (QED) is 0.887. The molecule has 0 aliphatic carbocycles. The molecule has 0 atom stereocenters. The van der Waals surface area contributed by atoms with Crippen molar-refractivity contribution >= 4 is 23.2 Å². The molecule has 0 aromatic heterocycles. The van der Waals surface area contributed by atoms with Gasteiger partial charge in [-0.2, -0.15) is 0 Å². The molecule has 24 heavy (non-hydrogen) atoms. The molecular weight excluding hydrogens is 320 g/mol. The minimum atomic E-state index is 0.0907. The summed E-state index contributed by atoms with van der Waals surface area (Å²) in [4.78, 5) is 14.8. The van der Waals surface area contributed by atoms with Gasteiger partial charge in [-0.25, -0.2) is 0 Å². The first-order chi connectivity index (χ1) is 11.6. The van der Waals surface area contributed by atoms with Gasteiger partial charge in [-0.3, -0.25) is 9.69 Å². The van der Waals surface area contributed by atoms with Gasteiger partial charge in [0.15, 0.2) is 0 Å². The van der Waals surface area contributed by atoms with E-state index in [4.69, 9.17) is 11.6 Å². The number of aryl methyl sites for hydroxylation is 1. The number of hydrogen-bond donors (Lipinski definition) is 1. The lowest BCUT2D eigenvalue weighted by molar-refractivity contribution is -0.121. The molecule has 0 spiro atoms. The van der Waals surface area contributed by atoms with Gasteiger partial charge in [0.2, 0.25) is 5.91 Å². The van der Waals surface area contributed by atoms with E-state index in [9.17, 15) is 4.79 Å². The molecule has 2 aromatic carbocycles. The van der Waals surface area contributed by atoms with E-state index in [-0.39, 0.29) is 11.8 Å². The molecule has 0 radical (unpaired) electrons. The number of likely N-dealkylation sites (tertiary alicyclic amines) is 1. The molecule has 1 saturated heterocycles.